The molecule has 1 saturated heterocycles. The van der Waals surface area contributed by atoms with Crippen molar-refractivity contribution in [3.63, 3.8) is 0 Å². The van der Waals surface area contributed by atoms with Gasteiger partial charge in [-0.3, -0.25) is 4.79 Å². The third-order valence-corrected chi connectivity index (χ3v) is 4.56. The Hall–Kier alpha value is -0.610. The fourth-order valence-electron chi connectivity index (χ4n) is 2.93. The number of piperidine rings is 1. The average molecular weight is 254 g/mol. The molecular formula is C14H26N2O2. The van der Waals surface area contributed by atoms with Crippen LogP contribution >= 0.6 is 0 Å². The second kappa shape index (κ2) is 6.02. The number of nitrogens with zero attached hydrogens (tertiary/aromatic N) is 1. The largest absolute Gasteiger partial charge is 0.396 e. The summed E-state index contributed by atoms with van der Waals surface area (Å²) in [7, 11) is 0. The molecule has 104 valence electrons. The van der Waals surface area contributed by atoms with Crippen LogP contribution < -0.4 is 5.32 Å². The number of nitrogens with one attached hydrogen (secondary N) is 1. The first kappa shape index (κ1) is 13.8. The quantitative estimate of drug-likeness (QED) is 0.773. The molecule has 0 atom stereocenters. The Bertz CT molecular complexity index is 284. The Morgan fingerprint density at radius 3 is 2.56 bits per heavy atom. The van der Waals surface area contributed by atoms with E-state index < -0.39 is 0 Å². The maximum absolute atomic E-state index is 12.8. The average Bonchev–Trinajstić information content (AvgIpc) is 2.32. The predicted molar refractivity (Wildman–Crippen MR) is 71.3 cm³/mol. The van der Waals surface area contributed by atoms with Gasteiger partial charge in [0.1, 0.15) is 0 Å². The molecule has 1 saturated carbocycles. The van der Waals surface area contributed by atoms with Crippen molar-refractivity contribution >= 4 is 5.91 Å². The number of hydrogen-bond acceptors (Lipinski definition) is 3. The lowest BCUT2D eigenvalue weighted by molar-refractivity contribution is -0.147. The summed E-state index contributed by atoms with van der Waals surface area (Å²) in [4.78, 5) is 14.8. The van der Waals surface area contributed by atoms with Gasteiger partial charge in [0.25, 0.3) is 0 Å². The highest BCUT2D eigenvalue weighted by atomic mass is 16.3. The van der Waals surface area contributed by atoms with Gasteiger partial charge >= 0.3 is 0 Å². The van der Waals surface area contributed by atoms with E-state index in [1.54, 1.807) is 0 Å². The Kier molecular flexibility index (Phi) is 4.62. The van der Waals surface area contributed by atoms with E-state index in [2.05, 4.69) is 17.1 Å². The molecule has 0 unspecified atom stereocenters. The van der Waals surface area contributed by atoms with Crippen LogP contribution in [0.15, 0.2) is 0 Å². The van der Waals surface area contributed by atoms with Gasteiger partial charge in [-0.05, 0) is 51.6 Å². The topological polar surface area (TPSA) is 52.6 Å². The fraction of sp³-hybridized carbons (Fsp3) is 0.929. The monoisotopic (exact) mass is 254 g/mol. The fourth-order valence-corrected chi connectivity index (χ4v) is 2.93. The van der Waals surface area contributed by atoms with Crippen molar-refractivity contribution in [1.29, 1.82) is 0 Å². The molecule has 2 rings (SSSR count). The van der Waals surface area contributed by atoms with E-state index >= 15 is 0 Å². The molecule has 0 aromatic carbocycles. The SMILES string of the molecule is CC1(C(=O)N(CCCO)C2CCC2)CCNCC1. The van der Waals surface area contributed by atoms with Gasteiger partial charge in [-0.2, -0.15) is 0 Å². The molecule has 2 N–H and O–H groups in total. The number of carbonyl (C=O) groups excluding carboxylic acids is 1. The van der Waals surface area contributed by atoms with Gasteiger partial charge in [0.2, 0.25) is 5.91 Å². The molecule has 4 heteroatoms. The summed E-state index contributed by atoms with van der Waals surface area (Å²) in [5.74, 6) is 0.321. The van der Waals surface area contributed by atoms with Gasteiger partial charge in [0.15, 0.2) is 0 Å². The number of aliphatic hydroxyl groups is 1. The summed E-state index contributed by atoms with van der Waals surface area (Å²) in [6, 6.07) is 0.441. The lowest BCUT2D eigenvalue weighted by Crippen LogP contribution is -2.53. The van der Waals surface area contributed by atoms with E-state index in [9.17, 15) is 4.79 Å². The van der Waals surface area contributed by atoms with Gasteiger partial charge < -0.3 is 15.3 Å². The minimum Gasteiger partial charge on any atom is -0.396 e. The summed E-state index contributed by atoms with van der Waals surface area (Å²) in [6.45, 7) is 4.90. The van der Waals surface area contributed by atoms with Crippen LogP contribution in [0.5, 0.6) is 0 Å². The number of rotatable bonds is 5. The van der Waals surface area contributed by atoms with E-state index in [0.29, 0.717) is 18.4 Å². The highest BCUT2D eigenvalue weighted by Crippen LogP contribution is 2.34. The molecule has 1 amide bonds. The van der Waals surface area contributed by atoms with Gasteiger partial charge in [0, 0.05) is 24.6 Å². The van der Waals surface area contributed by atoms with Crippen LogP contribution in [-0.2, 0) is 4.79 Å². The molecule has 2 fully saturated rings. The maximum Gasteiger partial charge on any atom is 0.228 e. The van der Waals surface area contributed by atoms with Crippen molar-refractivity contribution in [3.8, 4) is 0 Å². The standard InChI is InChI=1S/C14H26N2O2/c1-14(6-8-15-9-7-14)13(18)16(10-3-11-17)12-4-2-5-12/h12,15,17H,2-11H2,1H3. The summed E-state index contributed by atoms with van der Waals surface area (Å²) < 4.78 is 0. The van der Waals surface area contributed by atoms with E-state index in [1.165, 1.54) is 6.42 Å². The zero-order valence-electron chi connectivity index (χ0n) is 11.5. The molecule has 4 nitrogen and oxygen atoms in total. The van der Waals surface area contributed by atoms with Crippen molar-refractivity contribution in [1.82, 2.24) is 10.2 Å². The van der Waals surface area contributed by atoms with Crippen LogP contribution in [0.3, 0.4) is 0 Å². The third kappa shape index (κ3) is 2.86. The Morgan fingerprint density at radius 1 is 1.39 bits per heavy atom. The molecule has 0 spiro atoms. The van der Waals surface area contributed by atoms with E-state index in [0.717, 1.165) is 45.3 Å². The molecule has 0 bridgehead atoms. The first-order valence-corrected chi connectivity index (χ1v) is 7.30. The lowest BCUT2D eigenvalue weighted by atomic mass is 9.78. The van der Waals surface area contributed by atoms with E-state index in [1.807, 2.05) is 0 Å². The zero-order chi connectivity index (χ0) is 13.0. The number of amides is 1. The third-order valence-electron chi connectivity index (χ3n) is 4.56. The van der Waals surface area contributed by atoms with Gasteiger partial charge in [-0.1, -0.05) is 6.92 Å². The van der Waals surface area contributed by atoms with Crippen LogP contribution in [0.25, 0.3) is 0 Å². The number of hydrogen-bond donors (Lipinski definition) is 2. The van der Waals surface area contributed by atoms with Gasteiger partial charge in [0.05, 0.1) is 0 Å². The molecule has 1 aliphatic carbocycles. The van der Waals surface area contributed by atoms with Crippen LogP contribution in [0.4, 0.5) is 0 Å². The lowest BCUT2D eigenvalue weighted by Gasteiger charge is -2.44. The normalized spacial score (nSPS) is 23.4. The number of carbonyl (C=O) groups is 1. The van der Waals surface area contributed by atoms with Crippen LogP contribution in [0, 0.1) is 5.41 Å². The summed E-state index contributed by atoms with van der Waals surface area (Å²) in [5, 5.41) is 12.3. The Labute approximate surface area is 110 Å². The van der Waals surface area contributed by atoms with Gasteiger partial charge in [-0.25, -0.2) is 0 Å². The van der Waals surface area contributed by atoms with Crippen LogP contribution in [0.2, 0.25) is 0 Å². The minimum absolute atomic E-state index is 0.175. The molecule has 0 aromatic heterocycles. The molecule has 1 aliphatic heterocycles. The predicted octanol–water partition coefficient (Wildman–Crippen LogP) is 1.14. The smallest absolute Gasteiger partial charge is 0.228 e. The molecule has 2 aliphatic rings. The highest BCUT2D eigenvalue weighted by molar-refractivity contribution is 5.83. The summed E-state index contributed by atoms with van der Waals surface area (Å²) in [6.07, 6.45) is 6.11. The highest BCUT2D eigenvalue weighted by Gasteiger charge is 2.40. The molecule has 1 heterocycles. The maximum atomic E-state index is 12.8. The molecule has 0 radical (unpaired) electrons. The molecule has 0 aromatic rings. The summed E-state index contributed by atoms with van der Waals surface area (Å²) >= 11 is 0. The van der Waals surface area contributed by atoms with Crippen molar-refractivity contribution < 1.29 is 9.90 Å². The van der Waals surface area contributed by atoms with Gasteiger partial charge in [-0.15, -0.1) is 0 Å². The van der Waals surface area contributed by atoms with E-state index in [4.69, 9.17) is 5.11 Å². The first-order valence-electron chi connectivity index (χ1n) is 7.30. The van der Waals surface area contributed by atoms with E-state index in [-0.39, 0.29) is 12.0 Å². The minimum atomic E-state index is -0.184. The Balaban J connectivity index is 2.01. The number of aliphatic hydroxyl groups excluding tert-OH is 1. The Morgan fingerprint density at radius 2 is 2.06 bits per heavy atom. The molecular weight excluding hydrogens is 228 g/mol. The first-order chi connectivity index (χ1) is 8.67. The van der Waals surface area contributed by atoms with Crippen molar-refractivity contribution in [2.45, 2.75) is 51.5 Å². The van der Waals surface area contributed by atoms with Crippen molar-refractivity contribution in [3.05, 3.63) is 0 Å². The second-order valence-corrected chi connectivity index (χ2v) is 5.97. The second-order valence-electron chi connectivity index (χ2n) is 5.97. The zero-order valence-corrected chi connectivity index (χ0v) is 11.5. The van der Waals surface area contributed by atoms with Crippen LogP contribution in [0.1, 0.15) is 45.4 Å². The van der Waals surface area contributed by atoms with Crippen molar-refractivity contribution in [2.24, 2.45) is 5.41 Å². The van der Waals surface area contributed by atoms with Crippen LogP contribution in [-0.4, -0.2) is 48.2 Å². The summed E-state index contributed by atoms with van der Waals surface area (Å²) in [5.41, 5.74) is -0.184. The molecule has 18 heavy (non-hydrogen) atoms. The van der Waals surface area contributed by atoms with Crippen molar-refractivity contribution in [2.75, 3.05) is 26.2 Å².